The van der Waals surface area contributed by atoms with Crippen molar-refractivity contribution < 1.29 is 9.53 Å². The fourth-order valence-corrected chi connectivity index (χ4v) is 6.61. The molecule has 1 atom stereocenters. The van der Waals surface area contributed by atoms with Crippen molar-refractivity contribution in [2.24, 2.45) is 0 Å². The Morgan fingerprint density at radius 1 is 0.963 bits per heavy atom. The molecule has 2 aliphatic heterocycles. The molecular formula is C22H25NO2S2. The largest absolute Gasteiger partial charge is 0.484 e. The van der Waals surface area contributed by atoms with E-state index in [0.29, 0.717) is 4.58 Å². The zero-order chi connectivity index (χ0) is 18.5. The molecule has 0 aliphatic carbocycles. The predicted molar refractivity (Wildman–Crippen MR) is 114 cm³/mol. The van der Waals surface area contributed by atoms with Gasteiger partial charge in [-0.15, -0.1) is 23.5 Å². The zero-order valence-corrected chi connectivity index (χ0v) is 17.0. The topological polar surface area (TPSA) is 29.5 Å². The quantitative estimate of drug-likeness (QED) is 0.682. The summed E-state index contributed by atoms with van der Waals surface area (Å²) in [6, 6.07) is 18.8. The SMILES string of the molecule is O=C(COc1ccc(C2SCCCS2)cc1)N1CCCC1c1ccccc1. The highest BCUT2D eigenvalue weighted by atomic mass is 32.2. The van der Waals surface area contributed by atoms with Gasteiger partial charge in [0.15, 0.2) is 6.61 Å². The Balaban J connectivity index is 1.33. The summed E-state index contributed by atoms with van der Waals surface area (Å²) in [6.07, 6.45) is 3.38. The van der Waals surface area contributed by atoms with Crippen LogP contribution in [0.4, 0.5) is 0 Å². The maximum Gasteiger partial charge on any atom is 0.261 e. The molecule has 2 fully saturated rings. The molecule has 27 heavy (non-hydrogen) atoms. The van der Waals surface area contributed by atoms with Gasteiger partial charge >= 0.3 is 0 Å². The van der Waals surface area contributed by atoms with Crippen molar-refractivity contribution in [3.8, 4) is 5.75 Å². The summed E-state index contributed by atoms with van der Waals surface area (Å²) in [5.74, 6) is 3.32. The van der Waals surface area contributed by atoms with Crippen molar-refractivity contribution >= 4 is 29.4 Å². The standard InChI is InChI=1S/C22H25NO2S2/c24-21(23-13-4-8-20(23)17-6-2-1-3-7-17)16-25-19-11-9-18(10-12-19)22-26-14-5-15-27-22/h1-3,6-7,9-12,20,22H,4-5,8,13-16H2. The van der Waals surface area contributed by atoms with Gasteiger partial charge in [0.25, 0.3) is 5.91 Å². The fraction of sp³-hybridized carbons (Fsp3) is 0.409. The fourth-order valence-electron chi connectivity index (χ4n) is 3.72. The number of rotatable bonds is 5. The molecule has 5 heteroatoms. The molecular weight excluding hydrogens is 374 g/mol. The highest BCUT2D eigenvalue weighted by Crippen LogP contribution is 2.43. The summed E-state index contributed by atoms with van der Waals surface area (Å²) in [4.78, 5) is 14.7. The third-order valence-electron chi connectivity index (χ3n) is 5.10. The number of carbonyl (C=O) groups excluding carboxylic acids is 1. The molecule has 0 N–H and O–H groups in total. The van der Waals surface area contributed by atoms with Gasteiger partial charge in [-0.1, -0.05) is 42.5 Å². The van der Waals surface area contributed by atoms with Crippen molar-refractivity contribution in [1.82, 2.24) is 4.90 Å². The first-order chi connectivity index (χ1) is 13.3. The molecule has 0 bridgehead atoms. The average Bonchev–Trinajstić information content (AvgIpc) is 3.24. The molecule has 3 nitrogen and oxygen atoms in total. The van der Waals surface area contributed by atoms with Gasteiger partial charge in [0, 0.05) is 6.54 Å². The van der Waals surface area contributed by atoms with E-state index >= 15 is 0 Å². The minimum atomic E-state index is 0.0730. The molecule has 2 aliphatic rings. The summed E-state index contributed by atoms with van der Waals surface area (Å²) >= 11 is 4.03. The average molecular weight is 400 g/mol. The Morgan fingerprint density at radius 3 is 2.44 bits per heavy atom. The lowest BCUT2D eigenvalue weighted by Crippen LogP contribution is -2.34. The molecule has 1 amide bonds. The Hall–Kier alpha value is -1.59. The second-order valence-electron chi connectivity index (χ2n) is 6.94. The van der Waals surface area contributed by atoms with Crippen LogP contribution in [0.15, 0.2) is 54.6 Å². The molecule has 1 unspecified atom stereocenters. The molecule has 2 saturated heterocycles. The van der Waals surface area contributed by atoms with E-state index in [4.69, 9.17) is 4.74 Å². The number of likely N-dealkylation sites (tertiary alicyclic amines) is 1. The van der Waals surface area contributed by atoms with Gasteiger partial charge in [0.1, 0.15) is 5.75 Å². The van der Waals surface area contributed by atoms with Crippen LogP contribution in [-0.2, 0) is 4.79 Å². The van der Waals surface area contributed by atoms with Crippen molar-refractivity contribution in [3.63, 3.8) is 0 Å². The molecule has 0 spiro atoms. The van der Waals surface area contributed by atoms with Gasteiger partial charge in [-0.3, -0.25) is 4.79 Å². The number of hydrogen-bond donors (Lipinski definition) is 0. The van der Waals surface area contributed by atoms with Crippen molar-refractivity contribution in [2.45, 2.75) is 29.9 Å². The minimum Gasteiger partial charge on any atom is -0.484 e. The van der Waals surface area contributed by atoms with Gasteiger partial charge in [-0.05, 0) is 54.0 Å². The van der Waals surface area contributed by atoms with E-state index in [1.807, 2.05) is 58.8 Å². The van der Waals surface area contributed by atoms with Crippen molar-refractivity contribution in [1.29, 1.82) is 0 Å². The third kappa shape index (κ3) is 4.64. The number of thioether (sulfide) groups is 2. The van der Waals surface area contributed by atoms with Gasteiger partial charge in [0.05, 0.1) is 10.6 Å². The lowest BCUT2D eigenvalue weighted by Gasteiger charge is -2.25. The molecule has 4 rings (SSSR count). The van der Waals surface area contributed by atoms with Crippen LogP contribution in [0.25, 0.3) is 0 Å². The zero-order valence-electron chi connectivity index (χ0n) is 15.4. The number of nitrogens with zero attached hydrogens (tertiary/aromatic N) is 1. The summed E-state index contributed by atoms with van der Waals surface area (Å²) < 4.78 is 6.33. The monoisotopic (exact) mass is 399 g/mol. The Labute approximate surface area is 169 Å². The smallest absolute Gasteiger partial charge is 0.261 e. The summed E-state index contributed by atoms with van der Waals surface area (Å²) in [6.45, 7) is 0.923. The summed E-state index contributed by atoms with van der Waals surface area (Å²) in [5, 5.41) is 0. The third-order valence-corrected chi connectivity index (χ3v) is 8.11. The number of ether oxygens (including phenoxy) is 1. The van der Waals surface area contributed by atoms with Gasteiger partial charge in [0.2, 0.25) is 0 Å². The lowest BCUT2D eigenvalue weighted by molar-refractivity contribution is -0.134. The number of amides is 1. The normalized spacial score (nSPS) is 20.6. The van der Waals surface area contributed by atoms with Crippen molar-refractivity contribution in [3.05, 3.63) is 65.7 Å². The molecule has 0 aromatic heterocycles. The van der Waals surface area contributed by atoms with Crippen LogP contribution in [0.5, 0.6) is 5.75 Å². The Kier molecular flexibility index (Phi) is 6.30. The van der Waals surface area contributed by atoms with Gasteiger partial charge in [-0.25, -0.2) is 0 Å². The first-order valence-electron chi connectivity index (χ1n) is 9.61. The van der Waals surface area contributed by atoms with Crippen LogP contribution in [0.3, 0.4) is 0 Å². The first-order valence-corrected chi connectivity index (χ1v) is 11.7. The van der Waals surface area contributed by atoms with E-state index in [1.54, 1.807) is 0 Å². The molecule has 2 aromatic rings. The van der Waals surface area contributed by atoms with E-state index in [0.717, 1.165) is 25.1 Å². The van der Waals surface area contributed by atoms with Crippen LogP contribution in [0.1, 0.15) is 41.0 Å². The maximum atomic E-state index is 12.7. The Morgan fingerprint density at radius 2 is 1.70 bits per heavy atom. The minimum absolute atomic E-state index is 0.0730. The first kappa shape index (κ1) is 18.8. The number of hydrogen-bond acceptors (Lipinski definition) is 4. The number of benzene rings is 2. The number of carbonyl (C=O) groups is 1. The van der Waals surface area contributed by atoms with Gasteiger partial charge in [-0.2, -0.15) is 0 Å². The van der Waals surface area contributed by atoms with Crippen molar-refractivity contribution in [2.75, 3.05) is 24.7 Å². The molecule has 2 aromatic carbocycles. The molecule has 0 radical (unpaired) electrons. The highest BCUT2D eigenvalue weighted by molar-refractivity contribution is 8.16. The second kappa shape index (κ2) is 9.07. The lowest BCUT2D eigenvalue weighted by atomic mass is 10.0. The van der Waals surface area contributed by atoms with E-state index in [-0.39, 0.29) is 18.6 Å². The van der Waals surface area contributed by atoms with Crippen LogP contribution < -0.4 is 4.74 Å². The summed E-state index contributed by atoms with van der Waals surface area (Å²) in [5.41, 5.74) is 2.56. The predicted octanol–water partition coefficient (Wildman–Crippen LogP) is 5.30. The van der Waals surface area contributed by atoms with Crippen LogP contribution >= 0.6 is 23.5 Å². The Bertz CT molecular complexity index is 745. The summed E-state index contributed by atoms with van der Waals surface area (Å²) in [7, 11) is 0. The van der Waals surface area contributed by atoms with Gasteiger partial charge < -0.3 is 9.64 Å². The van der Waals surface area contributed by atoms with E-state index < -0.39 is 0 Å². The van der Waals surface area contributed by atoms with Crippen LogP contribution in [-0.4, -0.2) is 35.5 Å². The molecule has 2 heterocycles. The van der Waals surface area contributed by atoms with Crippen LogP contribution in [0.2, 0.25) is 0 Å². The molecule has 142 valence electrons. The van der Waals surface area contributed by atoms with E-state index in [9.17, 15) is 4.79 Å². The van der Waals surface area contributed by atoms with E-state index in [1.165, 1.54) is 29.1 Å². The maximum absolute atomic E-state index is 12.7. The van der Waals surface area contributed by atoms with Crippen LogP contribution in [0, 0.1) is 0 Å². The van der Waals surface area contributed by atoms with E-state index in [2.05, 4.69) is 24.3 Å². The highest BCUT2D eigenvalue weighted by Gasteiger charge is 2.29. The second-order valence-corrected chi connectivity index (χ2v) is 9.66. The molecule has 0 saturated carbocycles.